The number of hydrogen-bond donors (Lipinski definition) is 1. The Morgan fingerprint density at radius 2 is 1.96 bits per heavy atom. The second-order valence-corrected chi connectivity index (χ2v) is 5.96. The molecule has 2 heterocycles. The Morgan fingerprint density at radius 3 is 2.48 bits per heavy atom. The first kappa shape index (κ1) is 17.2. The number of hydrogen-bond acceptors (Lipinski definition) is 5. The highest BCUT2D eigenvalue weighted by Gasteiger charge is 2.24. The minimum absolute atomic E-state index is 0.117. The SMILES string of the molecule is CC(C)N(CC(=O)O)C(=O)CN1CCN(c2ccccn2)CC1. The van der Waals surface area contributed by atoms with E-state index in [0.29, 0.717) is 0 Å². The Balaban J connectivity index is 1.85. The van der Waals surface area contributed by atoms with E-state index in [2.05, 4.69) is 14.8 Å². The van der Waals surface area contributed by atoms with Crippen LogP contribution in [0.3, 0.4) is 0 Å². The van der Waals surface area contributed by atoms with Gasteiger partial charge in [0.25, 0.3) is 0 Å². The lowest BCUT2D eigenvalue weighted by molar-refractivity contribution is -0.146. The van der Waals surface area contributed by atoms with Crippen molar-refractivity contribution in [1.29, 1.82) is 0 Å². The molecule has 23 heavy (non-hydrogen) atoms. The number of pyridine rings is 1. The van der Waals surface area contributed by atoms with Gasteiger partial charge in [-0.15, -0.1) is 0 Å². The van der Waals surface area contributed by atoms with Crippen LogP contribution in [0.4, 0.5) is 5.82 Å². The third-order valence-electron chi connectivity index (χ3n) is 3.95. The van der Waals surface area contributed by atoms with Crippen molar-refractivity contribution >= 4 is 17.7 Å². The number of aliphatic carboxylic acids is 1. The molecule has 0 spiro atoms. The predicted octanol–water partition coefficient (Wildman–Crippen LogP) is 0.525. The topological polar surface area (TPSA) is 77.0 Å². The molecular weight excluding hydrogens is 296 g/mol. The fourth-order valence-electron chi connectivity index (χ4n) is 2.66. The highest BCUT2D eigenvalue weighted by atomic mass is 16.4. The summed E-state index contributed by atoms with van der Waals surface area (Å²) in [6.07, 6.45) is 1.78. The van der Waals surface area contributed by atoms with Gasteiger partial charge in [-0.2, -0.15) is 0 Å². The molecule has 0 unspecified atom stereocenters. The van der Waals surface area contributed by atoms with E-state index in [0.717, 1.165) is 32.0 Å². The third kappa shape index (κ3) is 4.92. The number of aromatic nitrogens is 1. The number of carbonyl (C=O) groups excluding carboxylic acids is 1. The lowest BCUT2D eigenvalue weighted by atomic mass is 10.2. The summed E-state index contributed by atoms with van der Waals surface area (Å²) >= 11 is 0. The molecule has 1 amide bonds. The van der Waals surface area contributed by atoms with Gasteiger partial charge in [0.05, 0.1) is 6.54 Å². The van der Waals surface area contributed by atoms with E-state index in [1.54, 1.807) is 6.20 Å². The van der Waals surface area contributed by atoms with E-state index in [1.165, 1.54) is 4.90 Å². The van der Waals surface area contributed by atoms with E-state index < -0.39 is 5.97 Å². The molecule has 7 nitrogen and oxygen atoms in total. The van der Waals surface area contributed by atoms with Crippen molar-refractivity contribution in [2.24, 2.45) is 0 Å². The van der Waals surface area contributed by atoms with Crippen molar-refractivity contribution < 1.29 is 14.7 Å². The molecule has 7 heteroatoms. The van der Waals surface area contributed by atoms with Crippen LogP contribution >= 0.6 is 0 Å². The first-order valence-corrected chi connectivity index (χ1v) is 7.87. The predicted molar refractivity (Wildman–Crippen MR) is 87.4 cm³/mol. The largest absolute Gasteiger partial charge is 0.480 e. The van der Waals surface area contributed by atoms with E-state index >= 15 is 0 Å². The van der Waals surface area contributed by atoms with Gasteiger partial charge in [-0.1, -0.05) is 6.07 Å². The number of piperazine rings is 1. The van der Waals surface area contributed by atoms with E-state index in [1.807, 2.05) is 32.0 Å². The van der Waals surface area contributed by atoms with Gasteiger partial charge in [-0.25, -0.2) is 4.98 Å². The Kier molecular flexibility index (Phi) is 5.92. The molecule has 2 rings (SSSR count). The molecule has 0 saturated carbocycles. The van der Waals surface area contributed by atoms with Gasteiger partial charge in [-0.05, 0) is 26.0 Å². The second kappa shape index (κ2) is 7.92. The van der Waals surface area contributed by atoms with Crippen LogP contribution in [0.25, 0.3) is 0 Å². The monoisotopic (exact) mass is 320 g/mol. The number of carboxylic acid groups (broad SMARTS) is 1. The molecule has 1 N–H and O–H groups in total. The van der Waals surface area contributed by atoms with Crippen molar-refractivity contribution in [2.45, 2.75) is 19.9 Å². The summed E-state index contributed by atoms with van der Waals surface area (Å²) < 4.78 is 0. The van der Waals surface area contributed by atoms with Crippen molar-refractivity contribution in [2.75, 3.05) is 44.2 Å². The van der Waals surface area contributed by atoms with Crippen molar-refractivity contribution in [3.8, 4) is 0 Å². The first-order valence-electron chi connectivity index (χ1n) is 7.87. The molecule has 1 aromatic rings. The number of rotatable bonds is 6. The molecule has 0 radical (unpaired) electrons. The van der Waals surface area contributed by atoms with E-state index in [-0.39, 0.29) is 25.0 Å². The number of carbonyl (C=O) groups is 2. The lowest BCUT2D eigenvalue weighted by Crippen LogP contribution is -2.52. The summed E-state index contributed by atoms with van der Waals surface area (Å²) in [5.74, 6) is -0.158. The average Bonchev–Trinajstić information content (AvgIpc) is 2.53. The molecular formula is C16H24N4O3. The summed E-state index contributed by atoms with van der Waals surface area (Å²) in [6.45, 7) is 6.84. The standard InChI is InChI=1S/C16H24N4O3/c1-13(2)20(12-16(22)23)15(21)11-18-7-9-19(10-8-18)14-5-3-4-6-17-14/h3-6,13H,7-12H2,1-2H3,(H,22,23). The van der Waals surface area contributed by atoms with Gasteiger partial charge < -0.3 is 14.9 Å². The number of carboxylic acids is 1. The van der Waals surface area contributed by atoms with Crippen molar-refractivity contribution in [1.82, 2.24) is 14.8 Å². The van der Waals surface area contributed by atoms with Gasteiger partial charge in [0, 0.05) is 38.4 Å². The molecule has 126 valence electrons. The smallest absolute Gasteiger partial charge is 0.323 e. The van der Waals surface area contributed by atoms with Gasteiger partial charge >= 0.3 is 5.97 Å². The van der Waals surface area contributed by atoms with Gasteiger partial charge in [0.2, 0.25) is 5.91 Å². The van der Waals surface area contributed by atoms with Crippen LogP contribution in [-0.2, 0) is 9.59 Å². The van der Waals surface area contributed by atoms with Crippen LogP contribution in [0.5, 0.6) is 0 Å². The number of amides is 1. The van der Waals surface area contributed by atoms with Crippen LogP contribution in [0, 0.1) is 0 Å². The van der Waals surface area contributed by atoms with Gasteiger partial charge in [0.15, 0.2) is 0 Å². The Hall–Kier alpha value is -2.15. The number of nitrogens with zero attached hydrogens (tertiary/aromatic N) is 4. The summed E-state index contributed by atoms with van der Waals surface area (Å²) in [7, 11) is 0. The van der Waals surface area contributed by atoms with Gasteiger partial charge in [-0.3, -0.25) is 14.5 Å². The Bertz CT molecular complexity index is 527. The average molecular weight is 320 g/mol. The molecule has 0 atom stereocenters. The zero-order valence-corrected chi connectivity index (χ0v) is 13.7. The minimum Gasteiger partial charge on any atom is -0.480 e. The molecule has 0 aromatic carbocycles. The summed E-state index contributed by atoms with van der Waals surface area (Å²) in [4.78, 5) is 33.2. The summed E-state index contributed by atoms with van der Waals surface area (Å²) in [6, 6.07) is 5.72. The van der Waals surface area contributed by atoms with E-state index in [9.17, 15) is 9.59 Å². The lowest BCUT2D eigenvalue weighted by Gasteiger charge is -2.36. The quantitative estimate of drug-likeness (QED) is 0.824. The Labute approximate surface area is 136 Å². The van der Waals surface area contributed by atoms with Gasteiger partial charge in [0.1, 0.15) is 12.4 Å². The maximum Gasteiger partial charge on any atom is 0.323 e. The fraction of sp³-hybridized carbons (Fsp3) is 0.562. The maximum atomic E-state index is 12.3. The van der Waals surface area contributed by atoms with E-state index in [4.69, 9.17) is 5.11 Å². The zero-order valence-electron chi connectivity index (χ0n) is 13.7. The summed E-state index contributed by atoms with van der Waals surface area (Å²) in [5.41, 5.74) is 0. The maximum absolute atomic E-state index is 12.3. The van der Waals surface area contributed by atoms with Crippen LogP contribution < -0.4 is 4.90 Å². The molecule has 1 aliphatic heterocycles. The van der Waals surface area contributed by atoms with Crippen LogP contribution in [0.2, 0.25) is 0 Å². The fourth-order valence-corrected chi connectivity index (χ4v) is 2.66. The van der Waals surface area contributed by atoms with Crippen molar-refractivity contribution in [3.05, 3.63) is 24.4 Å². The van der Waals surface area contributed by atoms with Crippen LogP contribution in [-0.4, -0.2) is 77.1 Å². The molecule has 1 fully saturated rings. The highest BCUT2D eigenvalue weighted by molar-refractivity contribution is 5.83. The molecule has 0 aliphatic carbocycles. The minimum atomic E-state index is -0.980. The molecule has 1 aliphatic rings. The van der Waals surface area contributed by atoms with Crippen LogP contribution in [0.15, 0.2) is 24.4 Å². The summed E-state index contributed by atoms with van der Waals surface area (Å²) in [5, 5.41) is 8.93. The highest BCUT2D eigenvalue weighted by Crippen LogP contribution is 2.12. The second-order valence-electron chi connectivity index (χ2n) is 5.96. The molecule has 1 aromatic heterocycles. The normalized spacial score (nSPS) is 15.7. The van der Waals surface area contributed by atoms with Crippen molar-refractivity contribution in [3.63, 3.8) is 0 Å². The van der Waals surface area contributed by atoms with Crippen LogP contribution in [0.1, 0.15) is 13.8 Å². The third-order valence-corrected chi connectivity index (χ3v) is 3.95. The number of anilines is 1. The molecule has 0 bridgehead atoms. The Morgan fingerprint density at radius 1 is 1.26 bits per heavy atom. The zero-order chi connectivity index (χ0) is 16.8. The first-order chi connectivity index (χ1) is 11.0. The molecule has 1 saturated heterocycles.